The number of benzene rings is 1. The van der Waals surface area contributed by atoms with Gasteiger partial charge in [0.05, 0.1) is 13.2 Å². The Morgan fingerprint density at radius 3 is 2.77 bits per heavy atom. The topological polar surface area (TPSA) is 89.8 Å². The number of hydrogen-bond acceptors (Lipinski definition) is 5. The first-order chi connectivity index (χ1) is 14.5. The summed E-state index contributed by atoms with van der Waals surface area (Å²) >= 11 is 0. The van der Waals surface area contributed by atoms with E-state index in [2.05, 4.69) is 25.6 Å². The SMILES string of the molecule is CCCC(NC(=O)NCc1ccc(OC)c(OC(F)F)c1)c1nnc2ccccn12. The highest BCUT2D eigenvalue weighted by Crippen LogP contribution is 2.29. The van der Waals surface area contributed by atoms with Crippen LogP contribution in [0.25, 0.3) is 5.65 Å². The van der Waals surface area contributed by atoms with Crippen LogP contribution in [0, 0.1) is 0 Å². The summed E-state index contributed by atoms with van der Waals surface area (Å²) in [6.07, 6.45) is 3.35. The minimum absolute atomic E-state index is 0.0917. The van der Waals surface area contributed by atoms with Crippen LogP contribution in [-0.2, 0) is 6.54 Å². The number of hydrogen-bond donors (Lipinski definition) is 2. The van der Waals surface area contributed by atoms with Crippen LogP contribution in [0.5, 0.6) is 11.5 Å². The van der Waals surface area contributed by atoms with Crippen molar-refractivity contribution in [3.05, 3.63) is 54.0 Å². The molecule has 0 aliphatic heterocycles. The zero-order chi connectivity index (χ0) is 21.5. The number of pyridine rings is 1. The summed E-state index contributed by atoms with van der Waals surface area (Å²) in [4.78, 5) is 12.5. The number of urea groups is 1. The van der Waals surface area contributed by atoms with Crippen LogP contribution < -0.4 is 20.1 Å². The van der Waals surface area contributed by atoms with Gasteiger partial charge < -0.3 is 20.1 Å². The number of fused-ring (bicyclic) bond motifs is 1. The zero-order valence-corrected chi connectivity index (χ0v) is 16.6. The second-order valence-electron chi connectivity index (χ2n) is 6.52. The van der Waals surface area contributed by atoms with E-state index in [9.17, 15) is 13.6 Å². The lowest BCUT2D eigenvalue weighted by Crippen LogP contribution is -2.38. The van der Waals surface area contributed by atoms with Gasteiger partial charge in [0.2, 0.25) is 0 Å². The summed E-state index contributed by atoms with van der Waals surface area (Å²) in [6.45, 7) is -0.842. The molecule has 1 aromatic carbocycles. The second kappa shape index (κ2) is 9.86. The number of rotatable bonds is 9. The number of aromatic nitrogens is 3. The maximum atomic E-state index is 12.6. The lowest BCUT2D eigenvalue weighted by Gasteiger charge is -2.17. The minimum atomic E-state index is -2.97. The molecule has 30 heavy (non-hydrogen) atoms. The smallest absolute Gasteiger partial charge is 0.387 e. The van der Waals surface area contributed by atoms with Gasteiger partial charge in [-0.05, 0) is 36.2 Å². The molecule has 1 atom stereocenters. The lowest BCUT2D eigenvalue weighted by molar-refractivity contribution is -0.0512. The van der Waals surface area contributed by atoms with Crippen molar-refractivity contribution in [2.24, 2.45) is 0 Å². The average Bonchev–Trinajstić information content (AvgIpc) is 3.16. The molecule has 0 aliphatic carbocycles. The van der Waals surface area contributed by atoms with E-state index < -0.39 is 12.6 Å². The molecule has 2 aromatic heterocycles. The van der Waals surface area contributed by atoms with Crippen molar-refractivity contribution in [3.8, 4) is 11.5 Å². The number of carbonyl (C=O) groups excluding carboxylic acids is 1. The maximum Gasteiger partial charge on any atom is 0.387 e. The molecule has 0 saturated carbocycles. The average molecular weight is 419 g/mol. The fraction of sp³-hybridized carbons (Fsp3) is 0.350. The van der Waals surface area contributed by atoms with E-state index in [4.69, 9.17) is 4.74 Å². The number of ether oxygens (including phenoxy) is 2. The highest BCUT2D eigenvalue weighted by Gasteiger charge is 2.19. The first kappa shape index (κ1) is 21.3. The van der Waals surface area contributed by atoms with Gasteiger partial charge in [-0.3, -0.25) is 4.40 Å². The number of amides is 2. The van der Waals surface area contributed by atoms with Gasteiger partial charge in [-0.2, -0.15) is 8.78 Å². The van der Waals surface area contributed by atoms with Crippen molar-refractivity contribution < 1.29 is 23.0 Å². The van der Waals surface area contributed by atoms with Gasteiger partial charge in [-0.25, -0.2) is 4.79 Å². The molecule has 0 fully saturated rings. The Bertz CT molecular complexity index is 995. The fourth-order valence-electron chi connectivity index (χ4n) is 3.06. The summed E-state index contributed by atoms with van der Waals surface area (Å²) in [7, 11) is 1.36. The zero-order valence-electron chi connectivity index (χ0n) is 16.6. The van der Waals surface area contributed by atoms with Crippen molar-refractivity contribution in [2.75, 3.05) is 7.11 Å². The van der Waals surface area contributed by atoms with Crippen molar-refractivity contribution in [1.82, 2.24) is 25.2 Å². The molecule has 2 amide bonds. The van der Waals surface area contributed by atoms with Crippen LogP contribution in [0.4, 0.5) is 13.6 Å². The van der Waals surface area contributed by atoms with E-state index in [-0.39, 0.29) is 24.1 Å². The molecule has 0 spiro atoms. The quantitative estimate of drug-likeness (QED) is 0.552. The van der Waals surface area contributed by atoms with Gasteiger partial charge in [-0.15, -0.1) is 10.2 Å². The van der Waals surface area contributed by atoms with Gasteiger partial charge >= 0.3 is 12.6 Å². The number of nitrogens with one attached hydrogen (secondary N) is 2. The number of methoxy groups -OCH3 is 1. The van der Waals surface area contributed by atoms with Crippen molar-refractivity contribution in [2.45, 2.75) is 39.0 Å². The maximum absolute atomic E-state index is 12.6. The number of carbonyl (C=O) groups is 1. The van der Waals surface area contributed by atoms with Crippen LogP contribution in [0.2, 0.25) is 0 Å². The Morgan fingerprint density at radius 2 is 2.03 bits per heavy atom. The van der Waals surface area contributed by atoms with E-state index in [1.807, 2.05) is 35.7 Å². The molecule has 3 rings (SSSR count). The van der Waals surface area contributed by atoms with E-state index >= 15 is 0 Å². The second-order valence-corrected chi connectivity index (χ2v) is 6.52. The molecule has 3 aromatic rings. The summed E-state index contributed by atoms with van der Waals surface area (Å²) in [6, 6.07) is 9.40. The van der Waals surface area contributed by atoms with Gasteiger partial charge in [0, 0.05) is 12.7 Å². The fourth-order valence-corrected chi connectivity index (χ4v) is 3.06. The molecule has 0 bridgehead atoms. The molecule has 8 nitrogen and oxygen atoms in total. The molecule has 160 valence electrons. The summed E-state index contributed by atoms with van der Waals surface area (Å²) < 4.78 is 36.5. The third kappa shape index (κ3) is 5.13. The molecular weight excluding hydrogens is 396 g/mol. The highest BCUT2D eigenvalue weighted by molar-refractivity contribution is 5.74. The van der Waals surface area contributed by atoms with Crippen LogP contribution in [0.15, 0.2) is 42.6 Å². The highest BCUT2D eigenvalue weighted by atomic mass is 19.3. The number of halogens is 2. The van der Waals surface area contributed by atoms with Crippen LogP contribution in [0.3, 0.4) is 0 Å². The lowest BCUT2D eigenvalue weighted by atomic mass is 10.1. The molecule has 0 radical (unpaired) electrons. The Labute approximate surface area is 172 Å². The largest absolute Gasteiger partial charge is 0.493 e. The van der Waals surface area contributed by atoms with Gasteiger partial charge in [-0.1, -0.05) is 25.5 Å². The van der Waals surface area contributed by atoms with Crippen molar-refractivity contribution >= 4 is 11.7 Å². The predicted molar refractivity (Wildman–Crippen MR) is 106 cm³/mol. The molecule has 2 N–H and O–H groups in total. The minimum Gasteiger partial charge on any atom is -0.493 e. The molecule has 0 saturated heterocycles. The van der Waals surface area contributed by atoms with Crippen LogP contribution in [0.1, 0.15) is 37.2 Å². The van der Waals surface area contributed by atoms with Crippen molar-refractivity contribution in [3.63, 3.8) is 0 Å². The molecule has 1 unspecified atom stereocenters. The third-order valence-corrected chi connectivity index (χ3v) is 4.43. The van der Waals surface area contributed by atoms with Crippen LogP contribution in [-0.4, -0.2) is 34.4 Å². The number of nitrogens with zero attached hydrogens (tertiary/aromatic N) is 3. The van der Waals surface area contributed by atoms with E-state index in [1.165, 1.54) is 19.2 Å². The molecule has 2 heterocycles. The summed E-state index contributed by atoms with van der Waals surface area (Å²) in [5.74, 6) is 0.732. The van der Waals surface area contributed by atoms with Gasteiger partial charge in [0.15, 0.2) is 23.0 Å². The first-order valence-corrected chi connectivity index (χ1v) is 9.47. The Kier molecular flexibility index (Phi) is 6.99. The standard InChI is InChI=1S/C20H23F2N5O3/c1-3-6-14(18-26-25-17-7-4-5-10-27(17)18)24-20(28)23-12-13-8-9-15(29-2)16(11-13)30-19(21)22/h4-5,7-11,14,19H,3,6,12H2,1-2H3,(H2,23,24,28). The normalized spacial score (nSPS) is 12.0. The Morgan fingerprint density at radius 1 is 1.20 bits per heavy atom. The number of alkyl halides is 2. The molecule has 10 heteroatoms. The molecular formula is C20H23F2N5O3. The van der Waals surface area contributed by atoms with E-state index in [0.717, 1.165) is 6.42 Å². The van der Waals surface area contributed by atoms with E-state index in [0.29, 0.717) is 23.5 Å². The van der Waals surface area contributed by atoms with Gasteiger partial charge in [0.1, 0.15) is 0 Å². The van der Waals surface area contributed by atoms with Gasteiger partial charge in [0.25, 0.3) is 0 Å². The Hall–Kier alpha value is -3.43. The summed E-state index contributed by atoms with van der Waals surface area (Å²) in [5.41, 5.74) is 1.28. The Balaban J connectivity index is 1.66. The van der Waals surface area contributed by atoms with Crippen LogP contribution >= 0.6 is 0 Å². The monoisotopic (exact) mass is 419 g/mol. The third-order valence-electron chi connectivity index (χ3n) is 4.43. The molecule has 0 aliphatic rings. The van der Waals surface area contributed by atoms with Crippen molar-refractivity contribution in [1.29, 1.82) is 0 Å². The summed E-state index contributed by atoms with van der Waals surface area (Å²) in [5, 5.41) is 14.0. The first-order valence-electron chi connectivity index (χ1n) is 9.47. The van der Waals surface area contributed by atoms with E-state index in [1.54, 1.807) is 6.07 Å². The predicted octanol–water partition coefficient (Wildman–Crippen LogP) is 3.68.